The van der Waals surface area contributed by atoms with Gasteiger partial charge in [-0.05, 0) is 30.9 Å². The molecule has 0 saturated heterocycles. The van der Waals surface area contributed by atoms with Gasteiger partial charge in [0, 0.05) is 12.6 Å². The van der Waals surface area contributed by atoms with E-state index >= 15 is 0 Å². The fourth-order valence-electron chi connectivity index (χ4n) is 3.63. The molecule has 0 spiro atoms. The van der Waals surface area contributed by atoms with Gasteiger partial charge in [-0.1, -0.05) is 49.7 Å². The molecule has 1 fully saturated rings. The maximum absolute atomic E-state index is 12.4. The molecule has 1 aromatic carbocycles. The number of nitrogens with one attached hydrogen (secondary N) is 1. The van der Waals surface area contributed by atoms with E-state index in [2.05, 4.69) is 29.0 Å². The van der Waals surface area contributed by atoms with Gasteiger partial charge in [0.25, 0.3) is 0 Å². The number of thioether (sulfide) groups is 1. The Morgan fingerprint density at radius 1 is 1.30 bits per heavy atom. The second-order valence-electron chi connectivity index (χ2n) is 7.46. The van der Waals surface area contributed by atoms with Crippen molar-refractivity contribution in [2.24, 2.45) is 5.92 Å². The van der Waals surface area contributed by atoms with Crippen molar-refractivity contribution in [3.05, 3.63) is 42.7 Å². The van der Waals surface area contributed by atoms with E-state index in [9.17, 15) is 4.79 Å². The zero-order valence-electron chi connectivity index (χ0n) is 17.7. The molecule has 1 N–H and O–H groups in total. The summed E-state index contributed by atoms with van der Waals surface area (Å²) in [6, 6.07) is 7.75. The van der Waals surface area contributed by atoms with Gasteiger partial charge in [0.15, 0.2) is 22.5 Å². The molecule has 2 aromatic rings. The Balaban J connectivity index is 1.59. The number of hydrogen-bond donors (Lipinski definition) is 1. The number of para-hydroxylation sites is 2. The maximum Gasteiger partial charge on any atom is 0.230 e. The first kappa shape index (κ1) is 22.2. The summed E-state index contributed by atoms with van der Waals surface area (Å²) in [6.45, 7) is 6.82. The average molecular weight is 431 g/mol. The average Bonchev–Trinajstić information content (AvgIpc) is 3.14. The highest BCUT2D eigenvalue weighted by Gasteiger charge is 2.23. The summed E-state index contributed by atoms with van der Waals surface area (Å²) in [4.78, 5) is 12.4. The minimum Gasteiger partial charge on any atom is -0.493 e. The highest BCUT2D eigenvalue weighted by Crippen LogP contribution is 2.27. The van der Waals surface area contributed by atoms with E-state index in [1.54, 1.807) is 13.2 Å². The molecule has 0 radical (unpaired) electrons. The lowest BCUT2D eigenvalue weighted by Crippen LogP contribution is -2.41. The number of carbonyl (C=O) groups excluding carboxylic acids is 1. The first-order chi connectivity index (χ1) is 14.6. The fourth-order valence-corrected chi connectivity index (χ4v) is 4.41. The van der Waals surface area contributed by atoms with Gasteiger partial charge in [-0.2, -0.15) is 0 Å². The lowest BCUT2D eigenvalue weighted by molar-refractivity contribution is -0.119. The van der Waals surface area contributed by atoms with Crippen LogP contribution < -0.4 is 14.8 Å². The molecule has 1 aliphatic carbocycles. The Labute approximate surface area is 182 Å². The molecule has 162 valence electrons. The number of ether oxygens (including phenoxy) is 2. The fraction of sp³-hybridized carbons (Fsp3) is 0.500. The van der Waals surface area contributed by atoms with Crippen molar-refractivity contribution < 1.29 is 14.3 Å². The van der Waals surface area contributed by atoms with Crippen molar-refractivity contribution in [3.8, 4) is 11.5 Å². The van der Waals surface area contributed by atoms with Crippen molar-refractivity contribution in [1.29, 1.82) is 0 Å². The molecule has 3 rings (SSSR count). The number of aromatic nitrogens is 3. The summed E-state index contributed by atoms with van der Waals surface area (Å²) in [7, 11) is 1.61. The molecule has 1 aliphatic rings. The molecular weight excluding hydrogens is 400 g/mol. The van der Waals surface area contributed by atoms with Gasteiger partial charge in [-0.25, -0.2) is 0 Å². The molecule has 7 nitrogen and oxygen atoms in total. The van der Waals surface area contributed by atoms with Crippen molar-refractivity contribution in [2.75, 3.05) is 12.9 Å². The van der Waals surface area contributed by atoms with Gasteiger partial charge < -0.3 is 14.8 Å². The van der Waals surface area contributed by atoms with Crippen LogP contribution in [0, 0.1) is 5.92 Å². The van der Waals surface area contributed by atoms with E-state index in [1.165, 1.54) is 31.0 Å². The number of methoxy groups -OCH3 is 1. The molecule has 30 heavy (non-hydrogen) atoms. The van der Waals surface area contributed by atoms with Crippen LogP contribution in [0.5, 0.6) is 11.5 Å². The summed E-state index contributed by atoms with van der Waals surface area (Å²) in [5.74, 6) is 2.87. The molecule has 1 aromatic heterocycles. The van der Waals surface area contributed by atoms with Gasteiger partial charge in [-0.3, -0.25) is 9.36 Å². The van der Waals surface area contributed by atoms with Gasteiger partial charge in [0.1, 0.15) is 6.61 Å². The second kappa shape index (κ2) is 11.1. The highest BCUT2D eigenvalue weighted by molar-refractivity contribution is 7.99. The lowest BCUT2D eigenvalue weighted by atomic mass is 9.86. The topological polar surface area (TPSA) is 78.3 Å². The van der Waals surface area contributed by atoms with Crippen LogP contribution in [0.4, 0.5) is 0 Å². The highest BCUT2D eigenvalue weighted by atomic mass is 32.2. The van der Waals surface area contributed by atoms with E-state index in [0.29, 0.717) is 40.7 Å². The summed E-state index contributed by atoms with van der Waals surface area (Å²) < 4.78 is 13.1. The van der Waals surface area contributed by atoms with Crippen LogP contribution in [-0.4, -0.2) is 39.6 Å². The zero-order chi connectivity index (χ0) is 21.3. The Kier molecular flexibility index (Phi) is 8.19. The first-order valence-electron chi connectivity index (χ1n) is 10.3. The number of benzene rings is 1. The summed E-state index contributed by atoms with van der Waals surface area (Å²) >= 11 is 1.38. The SMILES string of the molecule is C=CCn1c(COc2ccccc2OC)nnc1SCC(=O)N[C@H]1CCCC[C@@H]1C. The van der Waals surface area contributed by atoms with E-state index in [4.69, 9.17) is 9.47 Å². The minimum atomic E-state index is 0.0405. The largest absolute Gasteiger partial charge is 0.493 e. The second-order valence-corrected chi connectivity index (χ2v) is 8.40. The number of hydrogen-bond acceptors (Lipinski definition) is 6. The molecule has 0 unspecified atom stereocenters. The molecule has 1 saturated carbocycles. The van der Waals surface area contributed by atoms with Crippen molar-refractivity contribution in [1.82, 2.24) is 20.1 Å². The van der Waals surface area contributed by atoms with Crippen LogP contribution in [0.2, 0.25) is 0 Å². The molecular formula is C22H30N4O3S. The molecule has 1 heterocycles. The third-order valence-corrected chi connectivity index (χ3v) is 6.29. The third-order valence-electron chi connectivity index (χ3n) is 5.32. The van der Waals surface area contributed by atoms with Crippen LogP contribution in [-0.2, 0) is 17.9 Å². The van der Waals surface area contributed by atoms with Gasteiger partial charge >= 0.3 is 0 Å². The number of rotatable bonds is 10. The molecule has 8 heteroatoms. The van der Waals surface area contributed by atoms with Crippen molar-refractivity contribution >= 4 is 17.7 Å². The standard InChI is InChI=1S/C22H30N4O3S/c1-4-13-26-20(14-29-19-12-8-7-11-18(19)28-3)24-25-22(26)30-15-21(27)23-17-10-6-5-9-16(17)2/h4,7-8,11-12,16-17H,1,5-6,9-10,13-15H2,2-3H3,(H,23,27)/t16-,17-/m0/s1. The Bertz CT molecular complexity index is 855. The number of amides is 1. The molecule has 0 bridgehead atoms. The Morgan fingerprint density at radius 2 is 2.07 bits per heavy atom. The maximum atomic E-state index is 12.4. The Hall–Kier alpha value is -2.48. The minimum absolute atomic E-state index is 0.0405. The molecule has 0 aliphatic heterocycles. The van der Waals surface area contributed by atoms with Crippen molar-refractivity contribution in [3.63, 3.8) is 0 Å². The van der Waals surface area contributed by atoms with Crippen LogP contribution in [0.3, 0.4) is 0 Å². The number of nitrogens with zero attached hydrogens (tertiary/aromatic N) is 3. The quantitative estimate of drug-likeness (QED) is 0.456. The molecule has 1 amide bonds. The normalized spacial score (nSPS) is 18.6. The predicted molar refractivity (Wildman–Crippen MR) is 118 cm³/mol. The van der Waals surface area contributed by atoms with Crippen LogP contribution in [0.15, 0.2) is 42.1 Å². The van der Waals surface area contributed by atoms with Crippen molar-refractivity contribution in [2.45, 2.75) is 57.0 Å². The van der Waals surface area contributed by atoms with E-state index in [0.717, 1.165) is 6.42 Å². The predicted octanol–water partition coefficient (Wildman–Crippen LogP) is 3.84. The summed E-state index contributed by atoms with van der Waals surface area (Å²) in [6.07, 6.45) is 6.47. The third kappa shape index (κ3) is 5.78. The van der Waals surface area contributed by atoms with E-state index in [1.807, 2.05) is 28.8 Å². The van der Waals surface area contributed by atoms with Gasteiger partial charge in [0.2, 0.25) is 5.91 Å². The lowest BCUT2D eigenvalue weighted by Gasteiger charge is -2.29. The Morgan fingerprint density at radius 3 is 2.80 bits per heavy atom. The van der Waals surface area contributed by atoms with Gasteiger partial charge in [0.05, 0.1) is 12.9 Å². The van der Waals surface area contributed by atoms with E-state index < -0.39 is 0 Å². The molecule has 2 atom stereocenters. The summed E-state index contributed by atoms with van der Waals surface area (Å²) in [5, 5.41) is 12.4. The number of carbonyl (C=O) groups is 1. The number of allylic oxidation sites excluding steroid dienone is 1. The van der Waals surface area contributed by atoms with Crippen LogP contribution in [0.1, 0.15) is 38.4 Å². The summed E-state index contributed by atoms with van der Waals surface area (Å²) in [5.41, 5.74) is 0. The first-order valence-corrected chi connectivity index (χ1v) is 11.3. The zero-order valence-corrected chi connectivity index (χ0v) is 18.5. The smallest absolute Gasteiger partial charge is 0.230 e. The monoisotopic (exact) mass is 430 g/mol. The van der Waals surface area contributed by atoms with E-state index in [-0.39, 0.29) is 18.6 Å². The van der Waals surface area contributed by atoms with Crippen LogP contribution >= 0.6 is 11.8 Å². The van der Waals surface area contributed by atoms with Crippen LogP contribution in [0.25, 0.3) is 0 Å². The van der Waals surface area contributed by atoms with Gasteiger partial charge in [-0.15, -0.1) is 16.8 Å².